The van der Waals surface area contributed by atoms with Gasteiger partial charge in [-0.2, -0.15) is 0 Å². The molecular formula is C12H21ClO4. The Kier molecular flexibility index (Phi) is 5.89. The molecule has 1 rings (SSSR count). The van der Waals surface area contributed by atoms with Crippen molar-refractivity contribution in [2.45, 2.75) is 44.4 Å². The number of methoxy groups -OCH3 is 1. The smallest absolute Gasteiger partial charge is 0.163 e. The largest absolute Gasteiger partial charge is 0.359 e. The summed E-state index contributed by atoms with van der Waals surface area (Å²) in [7, 11) is 1.58. The predicted molar refractivity (Wildman–Crippen MR) is 66.1 cm³/mol. The summed E-state index contributed by atoms with van der Waals surface area (Å²) in [5, 5.41) is 0. The molecule has 1 unspecified atom stereocenters. The van der Waals surface area contributed by atoms with Crippen molar-refractivity contribution in [3.05, 3.63) is 12.7 Å². The third-order valence-corrected chi connectivity index (χ3v) is 2.84. The molecule has 5 heteroatoms. The SMILES string of the molecule is C=CC[C@H](OCOC)C1OC(C)(C)O[C@H]1CCl. The van der Waals surface area contributed by atoms with Crippen molar-refractivity contribution < 1.29 is 18.9 Å². The molecule has 0 aromatic rings. The van der Waals surface area contributed by atoms with Gasteiger partial charge in [0.2, 0.25) is 0 Å². The molecule has 1 fully saturated rings. The lowest BCUT2D eigenvalue weighted by atomic mass is 10.1. The fraction of sp³-hybridized carbons (Fsp3) is 0.833. The summed E-state index contributed by atoms with van der Waals surface area (Å²) in [6.45, 7) is 7.67. The highest BCUT2D eigenvalue weighted by Crippen LogP contribution is 2.32. The Hall–Kier alpha value is -0.130. The topological polar surface area (TPSA) is 36.9 Å². The van der Waals surface area contributed by atoms with Crippen LogP contribution in [0.2, 0.25) is 0 Å². The van der Waals surface area contributed by atoms with Crippen LogP contribution in [0.4, 0.5) is 0 Å². The molecule has 1 heterocycles. The molecule has 0 aliphatic carbocycles. The third kappa shape index (κ3) is 4.23. The molecule has 0 spiro atoms. The summed E-state index contributed by atoms with van der Waals surface area (Å²) in [6.07, 6.45) is 1.93. The van der Waals surface area contributed by atoms with Crippen LogP contribution in [-0.2, 0) is 18.9 Å². The summed E-state index contributed by atoms with van der Waals surface area (Å²) < 4.78 is 22.0. The molecule has 1 saturated heterocycles. The molecule has 0 N–H and O–H groups in total. The van der Waals surface area contributed by atoms with Gasteiger partial charge in [-0.1, -0.05) is 6.08 Å². The minimum absolute atomic E-state index is 0.155. The average molecular weight is 265 g/mol. The molecule has 3 atom stereocenters. The predicted octanol–water partition coefficient (Wildman–Crippen LogP) is 2.31. The third-order valence-electron chi connectivity index (χ3n) is 2.54. The van der Waals surface area contributed by atoms with Crippen LogP contribution in [-0.4, -0.2) is 43.9 Å². The first-order valence-electron chi connectivity index (χ1n) is 5.67. The molecule has 0 amide bonds. The standard InChI is InChI=1S/C12H21ClO4/c1-5-6-9(15-8-14-4)11-10(7-13)16-12(2,3)17-11/h5,9-11H,1,6-8H2,2-4H3/t9-,10-,11?/m0/s1. The number of hydrogen-bond acceptors (Lipinski definition) is 4. The lowest BCUT2D eigenvalue weighted by molar-refractivity contribution is -0.169. The van der Waals surface area contributed by atoms with Crippen molar-refractivity contribution in [1.82, 2.24) is 0 Å². The van der Waals surface area contributed by atoms with Crippen molar-refractivity contribution in [3.8, 4) is 0 Å². The van der Waals surface area contributed by atoms with Crippen LogP contribution >= 0.6 is 11.6 Å². The fourth-order valence-electron chi connectivity index (χ4n) is 1.91. The Morgan fingerprint density at radius 1 is 1.47 bits per heavy atom. The molecule has 0 aromatic carbocycles. The van der Waals surface area contributed by atoms with Gasteiger partial charge in [0, 0.05) is 7.11 Å². The van der Waals surface area contributed by atoms with E-state index < -0.39 is 5.79 Å². The summed E-state index contributed by atoms with van der Waals surface area (Å²) in [4.78, 5) is 0. The number of alkyl halides is 1. The highest BCUT2D eigenvalue weighted by molar-refractivity contribution is 6.18. The van der Waals surface area contributed by atoms with Crippen LogP contribution in [0.3, 0.4) is 0 Å². The van der Waals surface area contributed by atoms with Crippen molar-refractivity contribution in [1.29, 1.82) is 0 Å². The normalized spacial score (nSPS) is 29.2. The van der Waals surface area contributed by atoms with Crippen LogP contribution in [0.25, 0.3) is 0 Å². The second-order valence-corrected chi connectivity index (χ2v) is 4.74. The number of hydrogen-bond donors (Lipinski definition) is 0. The maximum Gasteiger partial charge on any atom is 0.163 e. The first-order chi connectivity index (χ1) is 8.04. The molecule has 1 aliphatic heterocycles. The Bertz CT molecular complexity index is 245. The molecule has 1 aliphatic rings. The summed E-state index contributed by atoms with van der Waals surface area (Å²) in [6, 6.07) is 0. The van der Waals surface area contributed by atoms with E-state index in [1.807, 2.05) is 13.8 Å². The number of ether oxygens (including phenoxy) is 4. The van der Waals surface area contributed by atoms with Crippen molar-refractivity contribution in [2.75, 3.05) is 19.8 Å². The van der Waals surface area contributed by atoms with E-state index in [0.717, 1.165) is 0 Å². The van der Waals surface area contributed by atoms with Gasteiger partial charge in [0.25, 0.3) is 0 Å². The molecule has 100 valence electrons. The highest BCUT2D eigenvalue weighted by atomic mass is 35.5. The minimum atomic E-state index is -0.625. The molecule has 17 heavy (non-hydrogen) atoms. The monoisotopic (exact) mass is 264 g/mol. The average Bonchev–Trinajstić information content (AvgIpc) is 2.60. The molecule has 0 radical (unpaired) electrons. The van der Waals surface area contributed by atoms with E-state index >= 15 is 0 Å². The van der Waals surface area contributed by atoms with E-state index in [0.29, 0.717) is 12.3 Å². The maximum absolute atomic E-state index is 5.89. The lowest BCUT2D eigenvalue weighted by Gasteiger charge is -2.25. The van der Waals surface area contributed by atoms with Gasteiger partial charge in [-0.25, -0.2) is 0 Å². The van der Waals surface area contributed by atoms with Gasteiger partial charge in [-0.05, 0) is 20.3 Å². The van der Waals surface area contributed by atoms with E-state index in [9.17, 15) is 0 Å². The highest BCUT2D eigenvalue weighted by Gasteiger charge is 2.44. The zero-order valence-corrected chi connectivity index (χ0v) is 11.4. The number of halogens is 1. The van der Waals surface area contributed by atoms with Gasteiger partial charge >= 0.3 is 0 Å². The van der Waals surface area contributed by atoms with Gasteiger partial charge in [0.05, 0.1) is 12.0 Å². The molecule has 0 bridgehead atoms. The van der Waals surface area contributed by atoms with Crippen molar-refractivity contribution >= 4 is 11.6 Å². The van der Waals surface area contributed by atoms with E-state index in [2.05, 4.69) is 6.58 Å². The van der Waals surface area contributed by atoms with Crippen LogP contribution in [0.1, 0.15) is 20.3 Å². The quantitative estimate of drug-likeness (QED) is 0.402. The van der Waals surface area contributed by atoms with Crippen molar-refractivity contribution in [3.63, 3.8) is 0 Å². The molecular weight excluding hydrogens is 244 g/mol. The zero-order chi connectivity index (χ0) is 12.9. The maximum atomic E-state index is 5.89. The number of rotatable bonds is 7. The van der Waals surface area contributed by atoms with E-state index in [1.165, 1.54) is 0 Å². The molecule has 0 aromatic heterocycles. The van der Waals surface area contributed by atoms with Gasteiger partial charge in [-0.3, -0.25) is 0 Å². The summed E-state index contributed by atoms with van der Waals surface area (Å²) in [5.74, 6) is -0.252. The minimum Gasteiger partial charge on any atom is -0.359 e. The Labute approximate surface area is 108 Å². The van der Waals surface area contributed by atoms with Crippen LogP contribution < -0.4 is 0 Å². The van der Waals surface area contributed by atoms with Gasteiger partial charge in [-0.15, -0.1) is 18.2 Å². The zero-order valence-electron chi connectivity index (χ0n) is 10.6. The van der Waals surface area contributed by atoms with Crippen LogP contribution in [0.15, 0.2) is 12.7 Å². The van der Waals surface area contributed by atoms with Gasteiger partial charge in [0.1, 0.15) is 19.0 Å². The van der Waals surface area contributed by atoms with E-state index in [4.69, 9.17) is 30.5 Å². The first kappa shape index (κ1) is 14.9. The Morgan fingerprint density at radius 2 is 2.18 bits per heavy atom. The Morgan fingerprint density at radius 3 is 2.71 bits per heavy atom. The van der Waals surface area contributed by atoms with E-state index in [1.54, 1.807) is 13.2 Å². The Balaban J connectivity index is 2.67. The lowest BCUT2D eigenvalue weighted by Crippen LogP contribution is -2.38. The van der Waals surface area contributed by atoms with E-state index in [-0.39, 0.29) is 25.1 Å². The van der Waals surface area contributed by atoms with Crippen LogP contribution in [0, 0.1) is 0 Å². The molecule has 0 saturated carbocycles. The second kappa shape index (κ2) is 6.71. The fourth-order valence-corrected chi connectivity index (χ4v) is 2.15. The summed E-state index contributed by atoms with van der Waals surface area (Å²) in [5.41, 5.74) is 0. The summed E-state index contributed by atoms with van der Waals surface area (Å²) >= 11 is 5.89. The first-order valence-corrected chi connectivity index (χ1v) is 6.20. The molecule has 4 nitrogen and oxygen atoms in total. The van der Waals surface area contributed by atoms with Gasteiger partial charge < -0.3 is 18.9 Å². The van der Waals surface area contributed by atoms with Gasteiger partial charge in [0.15, 0.2) is 5.79 Å². The second-order valence-electron chi connectivity index (χ2n) is 4.43. The van der Waals surface area contributed by atoms with Crippen molar-refractivity contribution in [2.24, 2.45) is 0 Å². The van der Waals surface area contributed by atoms with Crippen LogP contribution in [0.5, 0.6) is 0 Å².